The van der Waals surface area contributed by atoms with E-state index in [9.17, 15) is 9.59 Å². The van der Waals surface area contributed by atoms with Gasteiger partial charge in [-0.05, 0) is 51.5 Å². The van der Waals surface area contributed by atoms with Gasteiger partial charge in [0.1, 0.15) is 0 Å². The molecular weight excluding hydrogens is 292 g/mol. The van der Waals surface area contributed by atoms with Gasteiger partial charge in [-0.2, -0.15) is 5.26 Å². The molecule has 0 aliphatic rings. The van der Waals surface area contributed by atoms with Crippen LogP contribution in [0.5, 0.6) is 0 Å². The summed E-state index contributed by atoms with van der Waals surface area (Å²) in [5.41, 5.74) is 1.33. The number of carbonyl (C=O) groups excluding carboxylic acids is 2. The van der Waals surface area contributed by atoms with Crippen LogP contribution in [0.2, 0.25) is 0 Å². The maximum atomic E-state index is 12.1. The zero-order valence-electron chi connectivity index (χ0n) is 13.9. The number of benzene rings is 1. The molecule has 0 saturated heterocycles. The van der Waals surface area contributed by atoms with Crippen LogP contribution in [0.4, 0.5) is 0 Å². The third-order valence-corrected chi connectivity index (χ3v) is 3.19. The van der Waals surface area contributed by atoms with Gasteiger partial charge in [-0.1, -0.05) is 12.1 Å². The van der Waals surface area contributed by atoms with E-state index in [0.29, 0.717) is 5.56 Å². The lowest BCUT2D eigenvalue weighted by atomic mass is 10.1. The highest BCUT2D eigenvalue weighted by Gasteiger charge is 2.20. The molecule has 0 unspecified atom stereocenters. The molecule has 0 fully saturated rings. The predicted molar refractivity (Wildman–Crippen MR) is 88.3 cm³/mol. The summed E-state index contributed by atoms with van der Waals surface area (Å²) in [5.74, 6) is -0.787. The van der Waals surface area contributed by atoms with Crippen LogP contribution in [0, 0.1) is 11.3 Å². The van der Waals surface area contributed by atoms with Crippen molar-refractivity contribution in [3.63, 3.8) is 0 Å². The second-order valence-electron chi connectivity index (χ2n) is 5.66. The van der Waals surface area contributed by atoms with E-state index < -0.39 is 5.97 Å². The number of amides is 1. The molecule has 23 heavy (non-hydrogen) atoms. The Morgan fingerprint density at radius 2 is 1.74 bits per heavy atom. The van der Waals surface area contributed by atoms with Gasteiger partial charge < -0.3 is 9.64 Å². The number of carbonyl (C=O) groups is 2. The van der Waals surface area contributed by atoms with Crippen molar-refractivity contribution in [1.82, 2.24) is 4.90 Å². The molecule has 5 heteroatoms. The summed E-state index contributed by atoms with van der Waals surface area (Å²) in [6.07, 6.45) is 2.85. The van der Waals surface area contributed by atoms with E-state index >= 15 is 0 Å². The Morgan fingerprint density at radius 3 is 2.22 bits per heavy atom. The summed E-state index contributed by atoms with van der Waals surface area (Å²) >= 11 is 0. The Balaban J connectivity index is 2.54. The van der Waals surface area contributed by atoms with Crippen LogP contribution < -0.4 is 0 Å². The first-order valence-corrected chi connectivity index (χ1v) is 7.51. The fourth-order valence-electron chi connectivity index (χ4n) is 2.26. The van der Waals surface area contributed by atoms with Crippen molar-refractivity contribution in [1.29, 1.82) is 5.26 Å². The summed E-state index contributed by atoms with van der Waals surface area (Å²) in [4.78, 5) is 25.4. The molecule has 0 aliphatic heterocycles. The second kappa shape index (κ2) is 8.74. The highest BCUT2D eigenvalue weighted by molar-refractivity contribution is 5.89. The third kappa shape index (κ3) is 5.95. The summed E-state index contributed by atoms with van der Waals surface area (Å²) in [6.45, 7) is 7.41. The van der Waals surface area contributed by atoms with Gasteiger partial charge in [-0.3, -0.25) is 4.79 Å². The smallest absolute Gasteiger partial charge is 0.331 e. The fraction of sp³-hybridized carbons (Fsp3) is 0.389. The molecule has 1 rings (SSSR count). The van der Waals surface area contributed by atoms with E-state index in [1.807, 2.05) is 33.8 Å². The minimum atomic E-state index is -0.574. The van der Waals surface area contributed by atoms with Crippen molar-refractivity contribution in [2.45, 2.75) is 39.8 Å². The minimum absolute atomic E-state index is 0.0513. The van der Waals surface area contributed by atoms with Gasteiger partial charge in [-0.25, -0.2) is 4.79 Å². The van der Waals surface area contributed by atoms with Crippen LogP contribution in [0.3, 0.4) is 0 Å². The van der Waals surface area contributed by atoms with Gasteiger partial charge in [0.05, 0.1) is 11.6 Å². The molecule has 0 N–H and O–H groups in total. The molecule has 1 amide bonds. The molecule has 0 aliphatic carbocycles. The molecule has 1 aromatic carbocycles. The van der Waals surface area contributed by atoms with Crippen LogP contribution in [-0.2, 0) is 14.3 Å². The standard InChI is InChI=1S/C18H22N2O3/c1-13(2)20(14(3)4)17(21)12-23-18(22)10-9-15-5-7-16(11-19)8-6-15/h5-10,13-14H,12H2,1-4H3/b10-9+. The quantitative estimate of drug-likeness (QED) is 0.598. The zero-order valence-corrected chi connectivity index (χ0v) is 13.9. The van der Waals surface area contributed by atoms with Crippen molar-refractivity contribution >= 4 is 18.0 Å². The second-order valence-corrected chi connectivity index (χ2v) is 5.66. The summed E-state index contributed by atoms with van der Waals surface area (Å²) < 4.78 is 4.98. The fourth-order valence-corrected chi connectivity index (χ4v) is 2.26. The van der Waals surface area contributed by atoms with Crippen molar-refractivity contribution in [2.75, 3.05) is 6.61 Å². The molecule has 0 spiro atoms. The van der Waals surface area contributed by atoms with Crippen LogP contribution >= 0.6 is 0 Å². The lowest BCUT2D eigenvalue weighted by Gasteiger charge is -2.30. The van der Waals surface area contributed by atoms with Crippen molar-refractivity contribution in [2.24, 2.45) is 0 Å². The molecule has 122 valence electrons. The number of hydrogen-bond donors (Lipinski definition) is 0. The number of nitrogens with zero attached hydrogens (tertiary/aromatic N) is 2. The summed E-state index contributed by atoms with van der Waals surface area (Å²) in [6, 6.07) is 8.91. The molecule has 0 bridgehead atoms. The number of ether oxygens (including phenoxy) is 1. The van der Waals surface area contributed by atoms with Gasteiger partial charge in [0.2, 0.25) is 0 Å². The maximum absolute atomic E-state index is 12.1. The molecule has 0 saturated carbocycles. The van der Waals surface area contributed by atoms with Gasteiger partial charge in [0.15, 0.2) is 6.61 Å². The predicted octanol–water partition coefficient (Wildman–Crippen LogP) is 2.76. The van der Waals surface area contributed by atoms with Gasteiger partial charge in [-0.15, -0.1) is 0 Å². The average Bonchev–Trinajstić information content (AvgIpc) is 2.50. The minimum Gasteiger partial charge on any atom is -0.452 e. The van der Waals surface area contributed by atoms with E-state index in [2.05, 4.69) is 0 Å². The van der Waals surface area contributed by atoms with Gasteiger partial charge in [0.25, 0.3) is 5.91 Å². The number of hydrogen-bond acceptors (Lipinski definition) is 4. The average molecular weight is 314 g/mol. The van der Waals surface area contributed by atoms with E-state index in [0.717, 1.165) is 5.56 Å². The van der Waals surface area contributed by atoms with E-state index in [-0.39, 0.29) is 24.6 Å². The van der Waals surface area contributed by atoms with Crippen molar-refractivity contribution < 1.29 is 14.3 Å². The molecule has 1 aromatic rings. The molecule has 0 radical (unpaired) electrons. The van der Waals surface area contributed by atoms with E-state index in [1.165, 1.54) is 6.08 Å². The van der Waals surface area contributed by atoms with Crippen LogP contribution in [0.25, 0.3) is 6.08 Å². The Morgan fingerprint density at radius 1 is 1.17 bits per heavy atom. The van der Waals surface area contributed by atoms with E-state index in [4.69, 9.17) is 10.00 Å². The zero-order chi connectivity index (χ0) is 17.4. The largest absolute Gasteiger partial charge is 0.452 e. The lowest BCUT2D eigenvalue weighted by molar-refractivity contribution is -0.150. The first-order chi connectivity index (χ1) is 10.8. The number of esters is 1. The van der Waals surface area contributed by atoms with Crippen molar-refractivity contribution in [3.05, 3.63) is 41.5 Å². The molecule has 0 heterocycles. The molecule has 0 aromatic heterocycles. The monoisotopic (exact) mass is 314 g/mol. The third-order valence-electron chi connectivity index (χ3n) is 3.19. The van der Waals surface area contributed by atoms with Crippen LogP contribution in [0.1, 0.15) is 38.8 Å². The SMILES string of the molecule is CC(C)N(C(=O)COC(=O)/C=C/c1ccc(C#N)cc1)C(C)C. The van der Waals surface area contributed by atoms with Gasteiger partial charge in [0, 0.05) is 18.2 Å². The van der Waals surface area contributed by atoms with Crippen molar-refractivity contribution in [3.8, 4) is 6.07 Å². The van der Waals surface area contributed by atoms with Crippen LogP contribution in [-0.4, -0.2) is 35.5 Å². The van der Waals surface area contributed by atoms with Crippen LogP contribution in [0.15, 0.2) is 30.3 Å². The topological polar surface area (TPSA) is 70.4 Å². The Labute approximate surface area is 137 Å². The first kappa shape index (κ1) is 18.4. The first-order valence-electron chi connectivity index (χ1n) is 7.51. The molecule has 5 nitrogen and oxygen atoms in total. The number of nitriles is 1. The normalized spacial score (nSPS) is 10.8. The molecule has 0 atom stereocenters. The Bertz CT molecular complexity index is 602. The highest BCUT2D eigenvalue weighted by Crippen LogP contribution is 2.07. The molecular formula is C18H22N2O3. The van der Waals surface area contributed by atoms with Gasteiger partial charge >= 0.3 is 5.97 Å². The van der Waals surface area contributed by atoms with E-state index in [1.54, 1.807) is 35.2 Å². The highest BCUT2D eigenvalue weighted by atomic mass is 16.5. The summed E-state index contributed by atoms with van der Waals surface area (Å²) in [7, 11) is 0. The Hall–Kier alpha value is -2.61. The number of rotatable bonds is 6. The Kier molecular flexibility index (Phi) is 7.01. The maximum Gasteiger partial charge on any atom is 0.331 e. The lowest BCUT2D eigenvalue weighted by Crippen LogP contribution is -2.44. The summed E-state index contributed by atoms with van der Waals surface area (Å²) in [5, 5.41) is 8.71.